The summed E-state index contributed by atoms with van der Waals surface area (Å²) in [6.07, 6.45) is 2.02. The van der Waals surface area contributed by atoms with Gasteiger partial charge in [0.2, 0.25) is 5.75 Å². The maximum atomic E-state index is 12.6. The molecular formula is C23H29N2O7P. The number of carbonyl (C=O) groups excluding carboxylic acids is 2. The summed E-state index contributed by atoms with van der Waals surface area (Å²) < 4.78 is 20.5. The Morgan fingerprint density at radius 2 is 1.91 bits per heavy atom. The average molecular weight is 476 g/mol. The van der Waals surface area contributed by atoms with Gasteiger partial charge in [0.05, 0.1) is 17.4 Å². The van der Waals surface area contributed by atoms with Crippen LogP contribution >= 0.6 is 8.17 Å². The van der Waals surface area contributed by atoms with Crippen LogP contribution in [0.3, 0.4) is 0 Å². The van der Waals surface area contributed by atoms with Crippen molar-refractivity contribution in [2.75, 3.05) is 0 Å². The maximum absolute atomic E-state index is 12.6. The minimum atomic E-state index is -2.60. The molecule has 0 aliphatic carbocycles. The fourth-order valence-corrected chi connectivity index (χ4v) is 3.65. The van der Waals surface area contributed by atoms with Crippen LogP contribution in [0.15, 0.2) is 35.2 Å². The lowest BCUT2D eigenvalue weighted by Gasteiger charge is -2.14. The number of aromatic nitrogens is 1. The average Bonchev–Trinajstić information content (AvgIpc) is 2.74. The number of aldehydes is 1. The zero-order valence-electron chi connectivity index (χ0n) is 19.3. The number of hydrogen-bond acceptors (Lipinski definition) is 9. The van der Waals surface area contributed by atoms with Crippen molar-refractivity contribution >= 4 is 20.4 Å². The summed E-state index contributed by atoms with van der Waals surface area (Å²) in [4.78, 5) is 40.4. The predicted molar refractivity (Wildman–Crippen MR) is 121 cm³/mol. The van der Waals surface area contributed by atoms with Crippen LogP contribution in [0, 0.1) is 12.8 Å². The van der Waals surface area contributed by atoms with Gasteiger partial charge in [0.15, 0.2) is 18.1 Å². The van der Waals surface area contributed by atoms with Crippen LogP contribution < -0.4 is 14.2 Å². The second-order valence-electron chi connectivity index (χ2n) is 8.06. The maximum Gasteiger partial charge on any atom is 0.395 e. The van der Waals surface area contributed by atoms with E-state index in [1.807, 2.05) is 13.8 Å². The van der Waals surface area contributed by atoms with Crippen molar-refractivity contribution in [3.63, 3.8) is 0 Å². The first-order chi connectivity index (χ1) is 15.6. The first-order valence-corrected chi connectivity index (χ1v) is 11.7. The normalized spacial score (nSPS) is 12.5. The van der Waals surface area contributed by atoms with Gasteiger partial charge in [0.1, 0.15) is 12.4 Å². The number of pyridine rings is 1. The van der Waals surface area contributed by atoms with Gasteiger partial charge >= 0.3 is 14.1 Å². The molecule has 0 bridgehead atoms. The Hall–Kier alpha value is -3.03. The van der Waals surface area contributed by atoms with Crippen LogP contribution in [0.1, 0.15) is 55.7 Å². The molecule has 178 valence electrons. The van der Waals surface area contributed by atoms with Crippen molar-refractivity contribution in [1.82, 2.24) is 4.98 Å². The lowest BCUT2D eigenvalue weighted by Crippen LogP contribution is -2.26. The monoisotopic (exact) mass is 476 g/mol. The summed E-state index contributed by atoms with van der Waals surface area (Å²) in [7, 11) is -2.60. The Bertz CT molecular complexity index is 1010. The van der Waals surface area contributed by atoms with Gasteiger partial charge in [-0.15, -0.1) is 0 Å². The first kappa shape index (κ1) is 26.2. The molecule has 1 heterocycles. The summed E-state index contributed by atoms with van der Waals surface area (Å²) in [5.41, 5.74) is 0.794. The van der Waals surface area contributed by atoms with Gasteiger partial charge < -0.3 is 19.5 Å². The summed E-state index contributed by atoms with van der Waals surface area (Å²) in [6.45, 7) is 8.81. The third-order valence-corrected chi connectivity index (χ3v) is 5.26. The molecule has 0 aliphatic heterocycles. The van der Waals surface area contributed by atoms with Crippen LogP contribution in [0.2, 0.25) is 0 Å². The molecule has 10 heteroatoms. The third kappa shape index (κ3) is 7.80. The number of benzene rings is 1. The van der Waals surface area contributed by atoms with E-state index in [-0.39, 0.29) is 41.4 Å². The van der Waals surface area contributed by atoms with E-state index in [0.29, 0.717) is 24.0 Å². The van der Waals surface area contributed by atoms with E-state index in [1.54, 1.807) is 45.0 Å². The number of carbonyl (C=O) groups is 2. The first-order valence-electron chi connectivity index (χ1n) is 10.5. The van der Waals surface area contributed by atoms with Crippen LogP contribution in [0.25, 0.3) is 0 Å². The zero-order valence-corrected chi connectivity index (χ0v) is 20.2. The highest BCUT2D eigenvalue weighted by molar-refractivity contribution is 7.34. The van der Waals surface area contributed by atoms with E-state index in [4.69, 9.17) is 14.0 Å². The molecular weight excluding hydrogens is 447 g/mol. The van der Waals surface area contributed by atoms with E-state index < -0.39 is 20.2 Å². The Balaban J connectivity index is 2.20. The van der Waals surface area contributed by atoms with Crippen molar-refractivity contribution in [2.45, 2.75) is 59.8 Å². The molecule has 0 saturated carbocycles. The fraction of sp³-hybridized carbons (Fsp3) is 0.435. The Morgan fingerprint density at radius 3 is 2.52 bits per heavy atom. The van der Waals surface area contributed by atoms with Gasteiger partial charge in [0.25, 0.3) is 0 Å². The summed E-state index contributed by atoms with van der Waals surface area (Å²) >= 11 is 0. The molecule has 1 N–H and O–H groups in total. The van der Waals surface area contributed by atoms with Crippen molar-refractivity contribution < 1.29 is 33.6 Å². The fourth-order valence-electron chi connectivity index (χ4n) is 2.87. The molecule has 9 nitrogen and oxygen atoms in total. The molecule has 33 heavy (non-hydrogen) atoms. The van der Waals surface area contributed by atoms with Gasteiger partial charge in [-0.25, -0.2) is 4.79 Å². The number of rotatable bonds is 11. The molecule has 2 aromatic rings. The lowest BCUT2D eigenvalue weighted by molar-refractivity contribution is -0.170. The molecule has 1 unspecified atom stereocenters. The topological polar surface area (TPSA) is 130 Å². The molecule has 0 spiro atoms. The highest BCUT2D eigenvalue weighted by atomic mass is 31.1. The van der Waals surface area contributed by atoms with Gasteiger partial charge in [0, 0.05) is 11.8 Å². The minimum absolute atomic E-state index is 0.0834. The van der Waals surface area contributed by atoms with Gasteiger partial charge in [-0.1, -0.05) is 30.7 Å². The second-order valence-corrected chi connectivity index (χ2v) is 8.95. The third-order valence-electron chi connectivity index (χ3n) is 4.44. The van der Waals surface area contributed by atoms with Crippen molar-refractivity contribution in [3.05, 3.63) is 47.3 Å². The second kappa shape index (κ2) is 12.3. The van der Waals surface area contributed by atoms with Crippen LogP contribution in [0.5, 0.6) is 17.2 Å². The van der Waals surface area contributed by atoms with Gasteiger partial charge in [-0.05, 0) is 45.2 Å². The molecule has 2 rings (SSSR count). The van der Waals surface area contributed by atoms with Crippen LogP contribution in [-0.2, 0) is 16.1 Å². The standard InChI is InChI=1S/C23H29N2O7P/c1-14(2)10-19(23(28)31-15(3)4)25-33(29)32-21-9-7-6-8-20(21)30-13-17-11-24-16(5)22(27)18(17)12-26/h6-9,11-12,14-15,19,27H,10,13H2,1-5H3/t19-/m0/s1. The largest absolute Gasteiger partial charge is 0.575 e. The highest BCUT2D eigenvalue weighted by Crippen LogP contribution is 2.34. The van der Waals surface area contributed by atoms with Crippen molar-refractivity contribution in [3.8, 4) is 17.2 Å². The molecule has 1 aromatic heterocycles. The summed E-state index contributed by atoms with van der Waals surface area (Å²) in [6, 6.07) is 5.59. The summed E-state index contributed by atoms with van der Waals surface area (Å²) in [5.74, 6) is -0.229. The van der Waals surface area contributed by atoms with E-state index in [0.717, 1.165) is 0 Å². The van der Waals surface area contributed by atoms with Gasteiger partial charge in [-0.2, -0.15) is 0 Å². The van der Waals surface area contributed by atoms with E-state index in [2.05, 4.69) is 9.73 Å². The molecule has 2 atom stereocenters. The number of aromatic hydroxyl groups is 1. The number of ether oxygens (including phenoxy) is 2. The number of esters is 1. The van der Waals surface area contributed by atoms with Crippen LogP contribution in [0.4, 0.5) is 0 Å². The number of hydrogen-bond donors (Lipinski definition) is 1. The van der Waals surface area contributed by atoms with Crippen molar-refractivity contribution in [2.24, 2.45) is 10.7 Å². The Labute approximate surface area is 194 Å². The number of aryl methyl sites for hydroxylation is 1. The SMILES string of the molecule is Cc1ncc(COc2ccccc2O[P+]([O-])=N[C@@H](CC(C)C)C(=O)OC(C)C)c(C=O)c1O. The Kier molecular flexibility index (Phi) is 9.75. The molecule has 0 saturated heterocycles. The predicted octanol–water partition coefficient (Wildman–Crippen LogP) is 4.09. The van der Waals surface area contributed by atoms with E-state index >= 15 is 0 Å². The smallest absolute Gasteiger partial charge is 0.395 e. The number of nitrogens with zero attached hydrogens (tertiary/aromatic N) is 2. The van der Waals surface area contributed by atoms with Crippen LogP contribution in [-0.4, -0.2) is 34.5 Å². The van der Waals surface area contributed by atoms with E-state index in [9.17, 15) is 19.6 Å². The molecule has 1 aromatic carbocycles. The van der Waals surface area contributed by atoms with Gasteiger partial charge in [-0.3, -0.25) is 14.3 Å². The molecule has 0 amide bonds. The minimum Gasteiger partial charge on any atom is -0.575 e. The molecule has 0 fully saturated rings. The quantitative estimate of drug-likeness (QED) is 0.292. The number of para-hydroxylation sites is 2. The highest BCUT2D eigenvalue weighted by Gasteiger charge is 2.26. The molecule has 0 radical (unpaired) electrons. The van der Waals surface area contributed by atoms with Crippen molar-refractivity contribution in [1.29, 1.82) is 0 Å². The molecule has 0 aliphatic rings. The lowest BCUT2D eigenvalue weighted by atomic mass is 10.1. The Morgan fingerprint density at radius 1 is 1.24 bits per heavy atom. The summed E-state index contributed by atoms with van der Waals surface area (Å²) in [5, 5.41) is 10.0. The zero-order chi connectivity index (χ0) is 24.5. The van der Waals surface area contributed by atoms with E-state index in [1.165, 1.54) is 6.20 Å².